The molecule has 0 saturated heterocycles. The Morgan fingerprint density at radius 3 is 1.91 bits per heavy atom. The van der Waals surface area contributed by atoms with Gasteiger partial charge in [0, 0.05) is 0 Å². The van der Waals surface area contributed by atoms with Crippen LogP contribution in [0.5, 0.6) is 0 Å². The molecular weight excluding hydrogens is 150 g/mol. The number of halogens is 2. The molecule has 65 valence electrons. The summed E-state index contributed by atoms with van der Waals surface area (Å²) in [6, 6.07) is 0. The lowest BCUT2D eigenvalue weighted by atomic mass is 9.90. The van der Waals surface area contributed by atoms with E-state index in [1.165, 1.54) is 0 Å². The Morgan fingerprint density at radius 2 is 1.82 bits per heavy atom. The van der Waals surface area contributed by atoms with Crippen LogP contribution in [-0.2, 0) is 5.11 Å². The van der Waals surface area contributed by atoms with E-state index in [9.17, 15) is 13.9 Å². The minimum Gasteiger partial charge on any atom is -0.173 e. The van der Waals surface area contributed by atoms with E-state index in [1.54, 1.807) is 13.8 Å². The van der Waals surface area contributed by atoms with Crippen LogP contribution in [-0.4, -0.2) is 6.11 Å². The molecule has 0 spiro atoms. The van der Waals surface area contributed by atoms with Gasteiger partial charge in [-0.05, 0) is 24.7 Å². The summed E-state index contributed by atoms with van der Waals surface area (Å²) in [6.45, 7) is 3.38. The molecule has 0 aromatic carbocycles. The van der Waals surface area contributed by atoms with Gasteiger partial charge in [-0.15, -0.1) is 0 Å². The zero-order valence-electron chi connectivity index (χ0n) is 6.81. The molecule has 0 heterocycles. The third-order valence-corrected chi connectivity index (χ3v) is 2.24. The Kier molecular flexibility index (Phi) is 2.19. The van der Waals surface area contributed by atoms with Gasteiger partial charge in [-0.1, -0.05) is 13.8 Å². The molecule has 0 bridgehead atoms. The van der Waals surface area contributed by atoms with Crippen molar-refractivity contribution in [2.24, 2.45) is 17.8 Å². The van der Waals surface area contributed by atoms with E-state index in [4.69, 9.17) is 0 Å². The Bertz CT molecular complexity index is 134. The topological polar surface area (TPSA) is 19.9 Å². The summed E-state index contributed by atoms with van der Waals surface area (Å²) >= 11 is 0. The van der Waals surface area contributed by atoms with Crippen LogP contribution in [0.15, 0.2) is 0 Å². The van der Waals surface area contributed by atoms with Gasteiger partial charge < -0.3 is 0 Å². The standard InChI is InChI=1S/C8H13F2O/c1-5(2)7(6-3-4-6)8(9,10)11/h5-7H,3-4H2,1-2H3. The monoisotopic (exact) mass is 163 g/mol. The van der Waals surface area contributed by atoms with Gasteiger partial charge in [-0.25, -0.2) is 0 Å². The van der Waals surface area contributed by atoms with Gasteiger partial charge in [-0.2, -0.15) is 13.9 Å². The lowest BCUT2D eigenvalue weighted by Crippen LogP contribution is -2.32. The molecule has 3 heteroatoms. The molecule has 11 heavy (non-hydrogen) atoms. The van der Waals surface area contributed by atoms with Crippen molar-refractivity contribution in [3.63, 3.8) is 0 Å². The van der Waals surface area contributed by atoms with E-state index in [2.05, 4.69) is 0 Å². The molecule has 1 unspecified atom stereocenters. The largest absolute Gasteiger partial charge is 0.384 e. The van der Waals surface area contributed by atoms with E-state index >= 15 is 0 Å². The fourth-order valence-corrected chi connectivity index (χ4v) is 1.66. The molecule has 0 amide bonds. The number of rotatable bonds is 3. The third-order valence-electron chi connectivity index (χ3n) is 2.24. The van der Waals surface area contributed by atoms with Crippen LogP contribution in [0, 0.1) is 17.8 Å². The first-order valence-corrected chi connectivity index (χ1v) is 4.01. The lowest BCUT2D eigenvalue weighted by molar-refractivity contribution is -0.288. The van der Waals surface area contributed by atoms with Crippen molar-refractivity contribution in [1.82, 2.24) is 0 Å². The summed E-state index contributed by atoms with van der Waals surface area (Å²) in [6.07, 6.45) is -2.11. The first-order valence-electron chi connectivity index (χ1n) is 4.01. The Morgan fingerprint density at radius 1 is 1.36 bits per heavy atom. The lowest BCUT2D eigenvalue weighted by Gasteiger charge is -2.23. The van der Waals surface area contributed by atoms with Crippen LogP contribution in [0.25, 0.3) is 0 Å². The van der Waals surface area contributed by atoms with Gasteiger partial charge in [0.1, 0.15) is 0 Å². The van der Waals surface area contributed by atoms with E-state index in [1.807, 2.05) is 0 Å². The molecule has 0 aromatic heterocycles. The van der Waals surface area contributed by atoms with Crippen LogP contribution in [0.1, 0.15) is 26.7 Å². The normalized spacial score (nSPS) is 22.4. The van der Waals surface area contributed by atoms with Crippen molar-refractivity contribution >= 4 is 0 Å². The second-order valence-corrected chi connectivity index (χ2v) is 3.67. The maximum atomic E-state index is 12.4. The highest BCUT2D eigenvalue weighted by atomic mass is 19.3. The fourth-order valence-electron chi connectivity index (χ4n) is 1.66. The zero-order valence-corrected chi connectivity index (χ0v) is 6.81. The molecule has 1 nitrogen and oxygen atoms in total. The van der Waals surface area contributed by atoms with Gasteiger partial charge in [0.25, 0.3) is 0 Å². The van der Waals surface area contributed by atoms with Crippen molar-refractivity contribution in [2.75, 3.05) is 0 Å². The highest BCUT2D eigenvalue weighted by Crippen LogP contribution is 2.47. The molecule has 1 saturated carbocycles. The number of hydrogen-bond acceptors (Lipinski definition) is 0. The van der Waals surface area contributed by atoms with E-state index in [0.29, 0.717) is 0 Å². The molecule has 1 aliphatic carbocycles. The van der Waals surface area contributed by atoms with Crippen molar-refractivity contribution in [3.05, 3.63) is 0 Å². The van der Waals surface area contributed by atoms with Crippen LogP contribution in [0.3, 0.4) is 0 Å². The van der Waals surface area contributed by atoms with E-state index in [-0.39, 0.29) is 11.8 Å². The summed E-state index contributed by atoms with van der Waals surface area (Å²) in [4.78, 5) is 0. The van der Waals surface area contributed by atoms with Gasteiger partial charge >= 0.3 is 6.11 Å². The molecule has 1 radical (unpaired) electrons. The molecule has 0 N–H and O–H groups in total. The summed E-state index contributed by atoms with van der Waals surface area (Å²) < 4.78 is 24.7. The quantitative estimate of drug-likeness (QED) is 0.609. The fraction of sp³-hybridized carbons (Fsp3) is 1.00. The molecule has 1 fully saturated rings. The van der Waals surface area contributed by atoms with E-state index in [0.717, 1.165) is 12.8 Å². The highest BCUT2D eigenvalue weighted by molar-refractivity contribution is 4.86. The predicted molar refractivity (Wildman–Crippen MR) is 36.7 cm³/mol. The van der Waals surface area contributed by atoms with Crippen molar-refractivity contribution in [1.29, 1.82) is 0 Å². The average Bonchev–Trinajstić information content (AvgIpc) is 2.42. The predicted octanol–water partition coefficient (Wildman–Crippen LogP) is 2.69. The first kappa shape index (κ1) is 8.91. The maximum absolute atomic E-state index is 12.4. The molecular formula is C8H13F2O. The minimum atomic E-state index is -3.73. The van der Waals surface area contributed by atoms with Crippen molar-refractivity contribution in [2.45, 2.75) is 32.8 Å². The van der Waals surface area contributed by atoms with Gasteiger partial charge in [0.2, 0.25) is 0 Å². The Balaban J connectivity index is 2.58. The number of hydrogen-bond donors (Lipinski definition) is 0. The summed E-state index contributed by atoms with van der Waals surface area (Å²) in [5.41, 5.74) is 0. The molecule has 0 aromatic rings. The average molecular weight is 163 g/mol. The second-order valence-electron chi connectivity index (χ2n) is 3.67. The van der Waals surface area contributed by atoms with Crippen molar-refractivity contribution in [3.8, 4) is 0 Å². The van der Waals surface area contributed by atoms with Crippen LogP contribution < -0.4 is 0 Å². The van der Waals surface area contributed by atoms with Gasteiger partial charge in [0.05, 0.1) is 5.92 Å². The summed E-state index contributed by atoms with van der Waals surface area (Å²) in [5, 5.41) is 10.4. The molecule has 1 aliphatic rings. The Hall–Kier alpha value is -0.180. The van der Waals surface area contributed by atoms with Crippen LogP contribution >= 0.6 is 0 Å². The highest BCUT2D eigenvalue weighted by Gasteiger charge is 2.49. The smallest absolute Gasteiger partial charge is 0.173 e. The van der Waals surface area contributed by atoms with Gasteiger partial charge in [0.15, 0.2) is 0 Å². The van der Waals surface area contributed by atoms with Crippen molar-refractivity contribution < 1.29 is 13.9 Å². The Labute approximate surface area is 65.4 Å². The molecule has 0 aliphatic heterocycles. The summed E-state index contributed by atoms with van der Waals surface area (Å²) in [7, 11) is 0. The second kappa shape index (κ2) is 2.70. The number of alkyl halides is 2. The third kappa shape index (κ3) is 2.12. The van der Waals surface area contributed by atoms with Gasteiger partial charge in [-0.3, -0.25) is 0 Å². The van der Waals surface area contributed by atoms with Crippen LogP contribution in [0.2, 0.25) is 0 Å². The summed E-state index contributed by atoms with van der Waals surface area (Å²) in [5.74, 6) is -1.15. The minimum absolute atomic E-state index is 0.0116. The maximum Gasteiger partial charge on any atom is 0.384 e. The zero-order chi connectivity index (χ0) is 8.65. The SMILES string of the molecule is CC(C)C(C1CC1)C([O])(F)F. The molecule has 1 rings (SSSR count). The van der Waals surface area contributed by atoms with Crippen LogP contribution in [0.4, 0.5) is 8.78 Å². The van der Waals surface area contributed by atoms with E-state index < -0.39 is 12.0 Å². The molecule has 1 atom stereocenters. The first-order chi connectivity index (χ1) is 4.93.